The number of hydrogen-bond acceptors (Lipinski definition) is 2. The zero-order chi connectivity index (χ0) is 8.97. The second kappa shape index (κ2) is 4.90. The Kier molecular flexibility index (Phi) is 4.13. The van der Waals surface area contributed by atoms with E-state index in [0.29, 0.717) is 17.6 Å². The van der Waals surface area contributed by atoms with Crippen molar-refractivity contribution in [3.05, 3.63) is 0 Å². The van der Waals surface area contributed by atoms with Gasteiger partial charge in [-0.05, 0) is 25.0 Å². The number of thioether (sulfide) groups is 1. The summed E-state index contributed by atoms with van der Waals surface area (Å²) >= 11 is 1.93. The van der Waals surface area contributed by atoms with E-state index < -0.39 is 0 Å². The fourth-order valence-electron chi connectivity index (χ4n) is 1.78. The minimum atomic E-state index is 0.341. The van der Waals surface area contributed by atoms with E-state index in [1.165, 1.54) is 5.75 Å². The molecule has 12 heavy (non-hydrogen) atoms. The Morgan fingerprint density at radius 2 is 2.17 bits per heavy atom. The number of carbonyl (C=O) groups excluding carboxylic acids is 1. The molecule has 0 bridgehead atoms. The van der Waals surface area contributed by atoms with Crippen LogP contribution in [0, 0.1) is 11.8 Å². The topological polar surface area (TPSA) is 17.1 Å². The van der Waals surface area contributed by atoms with Gasteiger partial charge in [0.05, 0.1) is 0 Å². The highest BCUT2D eigenvalue weighted by molar-refractivity contribution is 7.99. The standard InChI is InChI=1S/C10H18OS/c1-3-8(4-2)10(11)9-5-6-12-7-9/h8-9H,3-7H2,1-2H3. The smallest absolute Gasteiger partial charge is 0.139 e. The van der Waals surface area contributed by atoms with Gasteiger partial charge in [-0.1, -0.05) is 13.8 Å². The zero-order valence-electron chi connectivity index (χ0n) is 8.01. The molecule has 1 nitrogen and oxygen atoms in total. The molecule has 0 aromatic rings. The second-order valence-corrected chi connectivity index (χ2v) is 4.63. The van der Waals surface area contributed by atoms with Gasteiger partial charge in [0.2, 0.25) is 0 Å². The molecule has 1 rings (SSSR count). The number of carbonyl (C=O) groups is 1. The van der Waals surface area contributed by atoms with Gasteiger partial charge in [-0.25, -0.2) is 0 Å². The first-order chi connectivity index (χ1) is 5.79. The lowest BCUT2D eigenvalue weighted by molar-refractivity contribution is -0.126. The van der Waals surface area contributed by atoms with E-state index in [9.17, 15) is 4.79 Å². The monoisotopic (exact) mass is 186 g/mol. The number of rotatable bonds is 4. The fourth-order valence-corrected chi connectivity index (χ4v) is 3.02. The van der Waals surface area contributed by atoms with Crippen LogP contribution in [-0.4, -0.2) is 17.3 Å². The number of Topliss-reactive ketones (excluding diaryl/α,β-unsaturated/α-hetero) is 1. The quantitative estimate of drug-likeness (QED) is 0.671. The summed E-state index contributed by atoms with van der Waals surface area (Å²) < 4.78 is 0. The Morgan fingerprint density at radius 3 is 2.58 bits per heavy atom. The third kappa shape index (κ3) is 2.25. The van der Waals surface area contributed by atoms with E-state index in [0.717, 1.165) is 25.0 Å². The molecule has 1 fully saturated rings. The first-order valence-corrected chi connectivity index (χ1v) is 6.06. The van der Waals surface area contributed by atoms with Gasteiger partial charge in [-0.3, -0.25) is 4.79 Å². The third-order valence-electron chi connectivity index (χ3n) is 2.72. The van der Waals surface area contributed by atoms with Crippen LogP contribution in [0.25, 0.3) is 0 Å². The van der Waals surface area contributed by atoms with E-state index in [2.05, 4.69) is 13.8 Å². The molecule has 0 radical (unpaired) electrons. The summed E-state index contributed by atoms with van der Waals surface area (Å²) in [5.41, 5.74) is 0. The van der Waals surface area contributed by atoms with Gasteiger partial charge in [-0.2, -0.15) is 11.8 Å². The highest BCUT2D eigenvalue weighted by Gasteiger charge is 2.27. The van der Waals surface area contributed by atoms with Crippen molar-refractivity contribution in [2.75, 3.05) is 11.5 Å². The Bertz CT molecular complexity index is 142. The molecule has 0 aliphatic carbocycles. The summed E-state index contributed by atoms with van der Waals surface area (Å²) in [4.78, 5) is 11.8. The van der Waals surface area contributed by atoms with Gasteiger partial charge < -0.3 is 0 Å². The molecule has 0 N–H and O–H groups in total. The summed E-state index contributed by atoms with van der Waals surface area (Å²) in [5.74, 6) is 3.53. The molecule has 1 unspecified atom stereocenters. The zero-order valence-corrected chi connectivity index (χ0v) is 8.82. The molecule has 1 aliphatic rings. The highest BCUT2D eigenvalue weighted by atomic mass is 32.2. The first-order valence-electron chi connectivity index (χ1n) is 4.91. The molecule has 0 saturated carbocycles. The lowest BCUT2D eigenvalue weighted by Gasteiger charge is -2.15. The van der Waals surface area contributed by atoms with Crippen LogP contribution in [0.5, 0.6) is 0 Å². The van der Waals surface area contributed by atoms with E-state index >= 15 is 0 Å². The van der Waals surface area contributed by atoms with Crippen molar-refractivity contribution in [1.29, 1.82) is 0 Å². The van der Waals surface area contributed by atoms with Crippen molar-refractivity contribution in [3.63, 3.8) is 0 Å². The fraction of sp³-hybridized carbons (Fsp3) is 0.900. The predicted molar refractivity (Wildman–Crippen MR) is 54.5 cm³/mol. The maximum atomic E-state index is 11.8. The number of ketones is 1. The molecular formula is C10H18OS. The van der Waals surface area contributed by atoms with Gasteiger partial charge >= 0.3 is 0 Å². The van der Waals surface area contributed by atoms with Crippen LogP contribution < -0.4 is 0 Å². The minimum absolute atomic E-state index is 0.341. The molecule has 0 aromatic carbocycles. The van der Waals surface area contributed by atoms with Crippen LogP contribution in [0.1, 0.15) is 33.1 Å². The van der Waals surface area contributed by atoms with Gasteiger partial charge in [0.1, 0.15) is 5.78 Å². The van der Waals surface area contributed by atoms with Crippen LogP contribution >= 0.6 is 11.8 Å². The number of hydrogen-bond donors (Lipinski definition) is 0. The largest absolute Gasteiger partial charge is 0.299 e. The average Bonchev–Trinajstić information content (AvgIpc) is 2.58. The summed E-state index contributed by atoms with van der Waals surface area (Å²) in [5, 5.41) is 0. The van der Waals surface area contributed by atoms with Crippen LogP contribution in [0.2, 0.25) is 0 Å². The second-order valence-electron chi connectivity index (χ2n) is 3.48. The predicted octanol–water partition coefficient (Wildman–Crippen LogP) is 2.74. The van der Waals surface area contributed by atoms with Crippen molar-refractivity contribution in [2.45, 2.75) is 33.1 Å². The van der Waals surface area contributed by atoms with Gasteiger partial charge in [0.15, 0.2) is 0 Å². The minimum Gasteiger partial charge on any atom is -0.299 e. The molecule has 1 aliphatic heterocycles. The molecule has 0 aromatic heterocycles. The van der Waals surface area contributed by atoms with Crippen LogP contribution in [0.3, 0.4) is 0 Å². The Labute approximate surface area is 79.3 Å². The normalized spacial score (nSPS) is 23.4. The van der Waals surface area contributed by atoms with Crippen molar-refractivity contribution in [1.82, 2.24) is 0 Å². The SMILES string of the molecule is CCC(CC)C(=O)C1CCSC1. The molecule has 70 valence electrons. The summed E-state index contributed by atoms with van der Waals surface area (Å²) in [6.45, 7) is 4.24. The van der Waals surface area contributed by atoms with Gasteiger partial charge in [0.25, 0.3) is 0 Å². The Morgan fingerprint density at radius 1 is 1.50 bits per heavy atom. The molecule has 2 heteroatoms. The lowest BCUT2D eigenvalue weighted by Crippen LogP contribution is -2.22. The van der Waals surface area contributed by atoms with Crippen LogP contribution in [0.15, 0.2) is 0 Å². The van der Waals surface area contributed by atoms with E-state index in [-0.39, 0.29) is 0 Å². The summed E-state index contributed by atoms with van der Waals surface area (Å²) in [7, 11) is 0. The Hall–Kier alpha value is 0.0200. The lowest BCUT2D eigenvalue weighted by atomic mass is 9.89. The Balaban J connectivity index is 2.43. The van der Waals surface area contributed by atoms with Gasteiger partial charge in [-0.15, -0.1) is 0 Å². The molecule has 0 amide bonds. The van der Waals surface area contributed by atoms with E-state index in [1.807, 2.05) is 11.8 Å². The van der Waals surface area contributed by atoms with Crippen LogP contribution in [0.4, 0.5) is 0 Å². The van der Waals surface area contributed by atoms with Crippen molar-refractivity contribution >= 4 is 17.5 Å². The molecule has 0 spiro atoms. The van der Waals surface area contributed by atoms with Crippen LogP contribution in [-0.2, 0) is 4.79 Å². The van der Waals surface area contributed by atoms with E-state index in [4.69, 9.17) is 0 Å². The summed E-state index contributed by atoms with van der Waals surface area (Å²) in [6, 6.07) is 0. The maximum absolute atomic E-state index is 11.8. The van der Waals surface area contributed by atoms with Crippen molar-refractivity contribution < 1.29 is 4.79 Å². The van der Waals surface area contributed by atoms with E-state index in [1.54, 1.807) is 0 Å². The van der Waals surface area contributed by atoms with Crippen molar-refractivity contribution in [2.24, 2.45) is 11.8 Å². The summed E-state index contributed by atoms with van der Waals surface area (Å²) in [6.07, 6.45) is 3.17. The third-order valence-corrected chi connectivity index (χ3v) is 3.88. The maximum Gasteiger partial charge on any atom is 0.139 e. The molecular weight excluding hydrogens is 168 g/mol. The molecule has 1 saturated heterocycles. The van der Waals surface area contributed by atoms with Gasteiger partial charge in [0, 0.05) is 17.6 Å². The molecule has 1 atom stereocenters. The average molecular weight is 186 g/mol. The van der Waals surface area contributed by atoms with Crippen molar-refractivity contribution in [3.8, 4) is 0 Å². The first kappa shape index (κ1) is 10.1. The molecule has 1 heterocycles. The highest BCUT2D eigenvalue weighted by Crippen LogP contribution is 2.28.